The van der Waals surface area contributed by atoms with Crippen molar-refractivity contribution in [3.05, 3.63) is 52.9 Å². The molecule has 0 aliphatic carbocycles. The molecule has 1 saturated heterocycles. The summed E-state index contributed by atoms with van der Waals surface area (Å²) in [6, 6.07) is 9.63. The zero-order valence-electron chi connectivity index (χ0n) is 14.7. The van der Waals surface area contributed by atoms with E-state index < -0.39 is 12.1 Å². The van der Waals surface area contributed by atoms with Crippen LogP contribution in [-0.2, 0) is 22.7 Å². The number of carbonyl (C=O) groups excluding carboxylic acids is 1. The number of aromatic nitrogens is 1. The summed E-state index contributed by atoms with van der Waals surface area (Å²) >= 11 is 0. The first-order valence-electron chi connectivity index (χ1n) is 8.75. The number of halogens is 1. The number of alkyl halides is 1. The van der Waals surface area contributed by atoms with Crippen LogP contribution in [0, 0.1) is 5.92 Å². The van der Waals surface area contributed by atoms with Gasteiger partial charge in [0.25, 0.3) is 5.91 Å². The molecule has 2 atom stereocenters. The van der Waals surface area contributed by atoms with Crippen LogP contribution >= 0.6 is 0 Å². The number of nitrogens with one attached hydrogen (secondary N) is 1. The molecule has 1 aliphatic heterocycles. The molecule has 0 radical (unpaired) electrons. The first-order valence-corrected chi connectivity index (χ1v) is 8.75. The monoisotopic (exact) mass is 362 g/mol. The number of ether oxygens (including phenoxy) is 2. The fourth-order valence-corrected chi connectivity index (χ4v) is 2.91. The Morgan fingerprint density at radius 2 is 2.19 bits per heavy atom. The van der Waals surface area contributed by atoms with Gasteiger partial charge in [0.05, 0.1) is 18.8 Å². The molecular weight excluding hydrogens is 339 g/mol. The van der Waals surface area contributed by atoms with Crippen LogP contribution < -0.4 is 5.32 Å². The van der Waals surface area contributed by atoms with E-state index in [1.54, 1.807) is 0 Å². The van der Waals surface area contributed by atoms with Gasteiger partial charge in [0, 0.05) is 19.1 Å². The minimum Gasteiger partial charge on any atom is -0.381 e. The first-order chi connectivity index (χ1) is 12.6. The van der Waals surface area contributed by atoms with Gasteiger partial charge in [-0.3, -0.25) is 4.79 Å². The SMILES string of the molecule is CC(F)c1c(C(=O)NCC2CCOC2)noc1COCc1ccccc1. The van der Waals surface area contributed by atoms with Crippen molar-refractivity contribution >= 4 is 5.91 Å². The topological polar surface area (TPSA) is 73.6 Å². The molecule has 3 rings (SSSR count). The Labute approximate surface area is 151 Å². The second-order valence-corrected chi connectivity index (χ2v) is 6.40. The smallest absolute Gasteiger partial charge is 0.273 e. The number of rotatable bonds is 8. The van der Waals surface area contributed by atoms with Crippen molar-refractivity contribution in [2.75, 3.05) is 19.8 Å². The highest BCUT2D eigenvalue weighted by Crippen LogP contribution is 2.26. The molecule has 0 saturated carbocycles. The molecule has 1 N–H and O–H groups in total. The van der Waals surface area contributed by atoms with Crippen LogP contribution in [-0.4, -0.2) is 30.8 Å². The number of amides is 1. The molecule has 1 aliphatic rings. The molecule has 1 aromatic carbocycles. The highest BCUT2D eigenvalue weighted by atomic mass is 19.1. The summed E-state index contributed by atoms with van der Waals surface area (Å²) in [6.45, 7) is 3.59. The van der Waals surface area contributed by atoms with Crippen molar-refractivity contribution in [3.8, 4) is 0 Å². The average Bonchev–Trinajstić information content (AvgIpc) is 3.30. The largest absolute Gasteiger partial charge is 0.381 e. The zero-order chi connectivity index (χ0) is 18.4. The molecule has 1 amide bonds. The van der Waals surface area contributed by atoms with E-state index in [0.29, 0.717) is 26.4 Å². The summed E-state index contributed by atoms with van der Waals surface area (Å²) in [5.41, 5.74) is 1.13. The maximum Gasteiger partial charge on any atom is 0.273 e. The molecular formula is C19H23FN2O4. The van der Waals surface area contributed by atoms with Crippen LogP contribution in [0.2, 0.25) is 0 Å². The van der Waals surface area contributed by atoms with Crippen LogP contribution in [0.3, 0.4) is 0 Å². The number of hydrogen-bond acceptors (Lipinski definition) is 5. The minimum atomic E-state index is -1.38. The van der Waals surface area contributed by atoms with E-state index in [1.807, 2.05) is 30.3 Å². The lowest BCUT2D eigenvalue weighted by atomic mass is 10.1. The van der Waals surface area contributed by atoms with Crippen LogP contribution in [0.4, 0.5) is 4.39 Å². The molecule has 6 nitrogen and oxygen atoms in total. The van der Waals surface area contributed by atoms with E-state index in [-0.39, 0.29) is 29.5 Å². The van der Waals surface area contributed by atoms with E-state index in [2.05, 4.69) is 10.5 Å². The molecule has 0 spiro atoms. The molecule has 2 unspecified atom stereocenters. The molecule has 2 aromatic rings. The fraction of sp³-hybridized carbons (Fsp3) is 0.474. The molecule has 7 heteroatoms. The van der Waals surface area contributed by atoms with Crippen molar-refractivity contribution in [3.63, 3.8) is 0 Å². The Morgan fingerprint density at radius 1 is 1.38 bits per heavy atom. The van der Waals surface area contributed by atoms with Crippen molar-refractivity contribution in [1.82, 2.24) is 10.5 Å². The summed E-state index contributed by atoms with van der Waals surface area (Å²) in [4.78, 5) is 12.4. The van der Waals surface area contributed by atoms with Gasteiger partial charge in [0.1, 0.15) is 12.8 Å². The van der Waals surface area contributed by atoms with Crippen molar-refractivity contribution in [2.24, 2.45) is 5.92 Å². The van der Waals surface area contributed by atoms with Crippen molar-refractivity contribution < 1.29 is 23.2 Å². The Hall–Kier alpha value is -2.25. The van der Waals surface area contributed by atoms with Crippen molar-refractivity contribution in [1.29, 1.82) is 0 Å². The summed E-state index contributed by atoms with van der Waals surface area (Å²) in [6.07, 6.45) is -0.475. The maximum absolute atomic E-state index is 14.1. The quantitative estimate of drug-likeness (QED) is 0.781. The Bertz CT molecular complexity index is 712. The molecule has 26 heavy (non-hydrogen) atoms. The van der Waals surface area contributed by atoms with E-state index in [9.17, 15) is 9.18 Å². The Kier molecular flexibility index (Phi) is 6.35. The zero-order valence-corrected chi connectivity index (χ0v) is 14.7. The molecule has 2 heterocycles. The number of hydrogen-bond donors (Lipinski definition) is 1. The van der Waals surface area contributed by atoms with Gasteiger partial charge in [-0.1, -0.05) is 35.5 Å². The highest BCUT2D eigenvalue weighted by Gasteiger charge is 2.27. The van der Waals surface area contributed by atoms with Crippen LogP contribution in [0.1, 0.15) is 46.9 Å². The lowest BCUT2D eigenvalue weighted by Crippen LogP contribution is -2.30. The van der Waals surface area contributed by atoms with Gasteiger partial charge in [0.15, 0.2) is 11.5 Å². The lowest BCUT2D eigenvalue weighted by molar-refractivity contribution is 0.0863. The van der Waals surface area contributed by atoms with Gasteiger partial charge in [-0.15, -0.1) is 0 Å². The number of carbonyl (C=O) groups is 1. The van der Waals surface area contributed by atoms with Crippen LogP contribution in [0.5, 0.6) is 0 Å². The molecule has 0 bridgehead atoms. The Balaban J connectivity index is 1.60. The second-order valence-electron chi connectivity index (χ2n) is 6.40. The van der Waals surface area contributed by atoms with E-state index in [4.69, 9.17) is 14.0 Å². The van der Waals surface area contributed by atoms with E-state index in [1.165, 1.54) is 6.92 Å². The highest BCUT2D eigenvalue weighted by molar-refractivity contribution is 5.93. The summed E-state index contributed by atoms with van der Waals surface area (Å²) < 4.78 is 30.1. The maximum atomic E-state index is 14.1. The fourth-order valence-electron chi connectivity index (χ4n) is 2.91. The second kappa shape index (κ2) is 8.91. The third-order valence-electron chi connectivity index (χ3n) is 4.34. The van der Waals surface area contributed by atoms with Gasteiger partial charge in [0.2, 0.25) is 0 Å². The summed E-state index contributed by atoms with van der Waals surface area (Å²) in [5, 5.41) is 6.55. The van der Waals surface area contributed by atoms with Gasteiger partial charge in [-0.05, 0) is 18.9 Å². The molecule has 140 valence electrons. The molecule has 1 aromatic heterocycles. The number of nitrogens with zero attached hydrogens (tertiary/aromatic N) is 1. The number of benzene rings is 1. The van der Waals surface area contributed by atoms with Crippen LogP contribution in [0.25, 0.3) is 0 Å². The summed E-state index contributed by atoms with van der Waals surface area (Å²) in [7, 11) is 0. The lowest BCUT2D eigenvalue weighted by Gasteiger charge is -2.09. The Morgan fingerprint density at radius 3 is 2.88 bits per heavy atom. The predicted molar refractivity (Wildman–Crippen MR) is 92.2 cm³/mol. The standard InChI is InChI=1S/C19H23FN2O4/c1-13(20)17-16(12-25-10-14-5-3-2-4-6-14)26-22-18(17)19(23)21-9-15-7-8-24-11-15/h2-6,13,15H,7-12H2,1H3,(H,21,23). The molecule has 1 fully saturated rings. The van der Waals surface area contributed by atoms with Gasteiger partial charge in [-0.2, -0.15) is 0 Å². The van der Waals surface area contributed by atoms with Crippen molar-refractivity contribution in [2.45, 2.75) is 32.7 Å². The van der Waals surface area contributed by atoms with Gasteiger partial charge >= 0.3 is 0 Å². The third-order valence-corrected chi connectivity index (χ3v) is 4.34. The van der Waals surface area contributed by atoms with Gasteiger partial charge < -0.3 is 19.3 Å². The van der Waals surface area contributed by atoms with E-state index in [0.717, 1.165) is 12.0 Å². The van der Waals surface area contributed by atoms with E-state index >= 15 is 0 Å². The first kappa shape index (κ1) is 18.5. The van der Waals surface area contributed by atoms with Crippen LogP contribution in [0.15, 0.2) is 34.9 Å². The average molecular weight is 362 g/mol. The third kappa shape index (κ3) is 4.68. The normalized spacial score (nSPS) is 18.0. The summed E-state index contributed by atoms with van der Waals surface area (Å²) in [5.74, 6) is 0.0884. The predicted octanol–water partition coefficient (Wildman–Crippen LogP) is 3.19. The minimum absolute atomic E-state index is 0.0165. The van der Waals surface area contributed by atoms with Gasteiger partial charge in [-0.25, -0.2) is 4.39 Å².